The molecule has 32 heavy (non-hydrogen) atoms. The summed E-state index contributed by atoms with van der Waals surface area (Å²) in [6, 6.07) is 12.4. The van der Waals surface area contributed by atoms with Crippen LogP contribution in [0.15, 0.2) is 30.3 Å². The number of hydrogen-bond acceptors (Lipinski definition) is 5. The monoisotopic (exact) mass is 441 g/mol. The Bertz CT molecular complexity index is 697. The summed E-state index contributed by atoms with van der Waals surface area (Å²) >= 11 is 0. The average Bonchev–Trinajstić information content (AvgIpc) is 3.25. The maximum Gasteiger partial charge on any atom is 0.237 e. The van der Waals surface area contributed by atoms with Crippen LogP contribution in [0.2, 0.25) is 0 Å². The van der Waals surface area contributed by atoms with E-state index >= 15 is 0 Å². The molecule has 2 N–H and O–H groups in total. The quantitative estimate of drug-likeness (QED) is 0.648. The lowest BCUT2D eigenvalue weighted by molar-refractivity contribution is -0.126. The average molecular weight is 442 g/mol. The SMILES string of the molecule is CCCN1CCC(N2C[C@@H](NC3CCN(Cc4ccccc4)CC3)C[C@H]2C(=O)NC)CC1. The van der Waals surface area contributed by atoms with Crippen LogP contribution < -0.4 is 10.6 Å². The highest BCUT2D eigenvalue weighted by Gasteiger charge is 2.41. The molecule has 3 fully saturated rings. The molecule has 6 heteroatoms. The number of amides is 1. The van der Waals surface area contributed by atoms with Crippen molar-refractivity contribution < 1.29 is 4.79 Å². The summed E-state index contributed by atoms with van der Waals surface area (Å²) in [7, 11) is 1.79. The third-order valence-electron chi connectivity index (χ3n) is 7.76. The Morgan fingerprint density at radius 3 is 2.31 bits per heavy atom. The van der Waals surface area contributed by atoms with Crippen LogP contribution >= 0.6 is 0 Å². The molecule has 0 saturated carbocycles. The fourth-order valence-corrected chi connectivity index (χ4v) is 6.03. The number of carbonyl (C=O) groups is 1. The van der Waals surface area contributed by atoms with Gasteiger partial charge >= 0.3 is 0 Å². The predicted molar refractivity (Wildman–Crippen MR) is 131 cm³/mol. The Balaban J connectivity index is 1.26. The van der Waals surface area contributed by atoms with E-state index in [2.05, 4.69) is 62.6 Å². The zero-order valence-electron chi connectivity index (χ0n) is 20.1. The number of hydrogen-bond donors (Lipinski definition) is 2. The zero-order valence-corrected chi connectivity index (χ0v) is 20.1. The molecular weight excluding hydrogens is 398 g/mol. The number of likely N-dealkylation sites (N-methyl/N-ethyl adjacent to an activating group) is 1. The first-order valence-electron chi connectivity index (χ1n) is 12.9. The second-order valence-electron chi connectivity index (χ2n) is 10.0. The Kier molecular flexibility index (Phi) is 8.58. The normalized spacial score (nSPS) is 27.1. The smallest absolute Gasteiger partial charge is 0.237 e. The van der Waals surface area contributed by atoms with E-state index in [9.17, 15) is 4.79 Å². The van der Waals surface area contributed by atoms with Crippen molar-refractivity contribution in [2.24, 2.45) is 0 Å². The Labute approximate surface area is 194 Å². The summed E-state index contributed by atoms with van der Waals surface area (Å²) in [6.45, 7) is 10.2. The first kappa shape index (κ1) is 23.7. The summed E-state index contributed by atoms with van der Waals surface area (Å²) in [5.41, 5.74) is 1.41. The van der Waals surface area contributed by atoms with Gasteiger partial charge in [-0.3, -0.25) is 14.6 Å². The van der Waals surface area contributed by atoms with Crippen LogP contribution in [-0.4, -0.2) is 91.1 Å². The molecule has 0 unspecified atom stereocenters. The molecular formula is C26H43N5O. The summed E-state index contributed by atoms with van der Waals surface area (Å²) in [5.74, 6) is 0.197. The highest BCUT2D eigenvalue weighted by molar-refractivity contribution is 5.82. The Hall–Kier alpha value is -1.47. The fourth-order valence-electron chi connectivity index (χ4n) is 6.03. The maximum absolute atomic E-state index is 12.7. The molecule has 0 aromatic heterocycles. The van der Waals surface area contributed by atoms with Crippen molar-refractivity contribution in [2.75, 3.05) is 46.3 Å². The molecule has 3 saturated heterocycles. The number of likely N-dealkylation sites (tertiary alicyclic amines) is 3. The first-order chi connectivity index (χ1) is 15.7. The minimum Gasteiger partial charge on any atom is -0.358 e. The molecule has 4 rings (SSSR count). The third-order valence-corrected chi connectivity index (χ3v) is 7.76. The molecule has 3 heterocycles. The van der Waals surface area contributed by atoms with Crippen molar-refractivity contribution in [3.05, 3.63) is 35.9 Å². The van der Waals surface area contributed by atoms with Crippen LogP contribution in [0.3, 0.4) is 0 Å². The number of carbonyl (C=O) groups excluding carboxylic acids is 1. The van der Waals surface area contributed by atoms with Gasteiger partial charge in [0.05, 0.1) is 6.04 Å². The van der Waals surface area contributed by atoms with Crippen LogP contribution in [0.5, 0.6) is 0 Å². The summed E-state index contributed by atoms with van der Waals surface area (Å²) in [6.07, 6.45) is 6.95. The van der Waals surface area contributed by atoms with E-state index in [-0.39, 0.29) is 11.9 Å². The molecule has 0 aliphatic carbocycles. The lowest BCUT2D eigenvalue weighted by Crippen LogP contribution is -2.51. The molecule has 3 aliphatic rings. The van der Waals surface area contributed by atoms with Crippen molar-refractivity contribution in [3.8, 4) is 0 Å². The summed E-state index contributed by atoms with van der Waals surface area (Å²) < 4.78 is 0. The Morgan fingerprint density at radius 1 is 0.969 bits per heavy atom. The molecule has 0 radical (unpaired) electrons. The summed E-state index contributed by atoms with van der Waals surface area (Å²) in [5, 5.41) is 6.88. The van der Waals surface area contributed by atoms with E-state index < -0.39 is 0 Å². The van der Waals surface area contributed by atoms with Gasteiger partial charge in [0, 0.05) is 38.3 Å². The second kappa shape index (κ2) is 11.6. The molecule has 3 aliphatic heterocycles. The van der Waals surface area contributed by atoms with Crippen LogP contribution in [0.25, 0.3) is 0 Å². The molecule has 178 valence electrons. The number of piperidine rings is 2. The predicted octanol–water partition coefficient (Wildman–Crippen LogP) is 2.30. The van der Waals surface area contributed by atoms with E-state index in [0.717, 1.165) is 32.6 Å². The van der Waals surface area contributed by atoms with E-state index in [1.54, 1.807) is 7.05 Å². The van der Waals surface area contributed by atoms with Gasteiger partial charge < -0.3 is 15.5 Å². The van der Waals surface area contributed by atoms with Crippen LogP contribution in [-0.2, 0) is 11.3 Å². The van der Waals surface area contributed by atoms with Gasteiger partial charge in [-0.15, -0.1) is 0 Å². The minimum absolute atomic E-state index is 0.0263. The number of nitrogens with one attached hydrogen (secondary N) is 2. The largest absolute Gasteiger partial charge is 0.358 e. The van der Waals surface area contributed by atoms with Gasteiger partial charge in [0.15, 0.2) is 0 Å². The number of benzene rings is 1. The van der Waals surface area contributed by atoms with Crippen molar-refractivity contribution in [3.63, 3.8) is 0 Å². The lowest BCUT2D eigenvalue weighted by atomic mass is 10.0. The van der Waals surface area contributed by atoms with Crippen LogP contribution in [0.4, 0.5) is 0 Å². The zero-order chi connectivity index (χ0) is 22.3. The van der Waals surface area contributed by atoms with Crippen molar-refractivity contribution in [1.82, 2.24) is 25.3 Å². The molecule has 0 spiro atoms. The standard InChI is InChI=1S/C26H43N5O/c1-3-13-29-16-11-24(12-17-29)31-20-23(18-25(31)26(32)27-2)28-22-9-14-30(15-10-22)19-21-7-5-4-6-8-21/h4-8,22-25,28H,3,9-20H2,1-2H3,(H,27,32)/t23-,25-/m0/s1. The van der Waals surface area contributed by atoms with Gasteiger partial charge in [-0.1, -0.05) is 37.3 Å². The number of nitrogens with zero attached hydrogens (tertiary/aromatic N) is 3. The van der Waals surface area contributed by atoms with Crippen molar-refractivity contribution >= 4 is 5.91 Å². The van der Waals surface area contributed by atoms with Gasteiger partial charge in [0.25, 0.3) is 0 Å². The molecule has 6 nitrogen and oxygen atoms in total. The molecule has 1 aromatic rings. The molecule has 2 atom stereocenters. The molecule has 0 bridgehead atoms. The van der Waals surface area contributed by atoms with E-state index in [0.29, 0.717) is 18.1 Å². The topological polar surface area (TPSA) is 50.9 Å². The molecule has 1 amide bonds. The van der Waals surface area contributed by atoms with E-state index in [4.69, 9.17) is 0 Å². The summed E-state index contributed by atoms with van der Waals surface area (Å²) in [4.78, 5) is 20.4. The second-order valence-corrected chi connectivity index (χ2v) is 10.0. The van der Waals surface area contributed by atoms with E-state index in [1.807, 2.05) is 0 Å². The third kappa shape index (κ3) is 6.10. The van der Waals surface area contributed by atoms with Crippen LogP contribution in [0, 0.1) is 0 Å². The Morgan fingerprint density at radius 2 is 1.66 bits per heavy atom. The van der Waals surface area contributed by atoms with Crippen molar-refractivity contribution in [1.29, 1.82) is 0 Å². The van der Waals surface area contributed by atoms with Gasteiger partial charge in [0.1, 0.15) is 0 Å². The van der Waals surface area contributed by atoms with Gasteiger partial charge in [-0.25, -0.2) is 0 Å². The lowest BCUT2D eigenvalue weighted by Gasteiger charge is -2.39. The number of rotatable bonds is 8. The van der Waals surface area contributed by atoms with Crippen molar-refractivity contribution in [2.45, 2.75) is 76.2 Å². The van der Waals surface area contributed by atoms with E-state index in [1.165, 1.54) is 57.3 Å². The minimum atomic E-state index is 0.0263. The van der Waals surface area contributed by atoms with Gasteiger partial charge in [0.2, 0.25) is 5.91 Å². The fraction of sp³-hybridized carbons (Fsp3) is 0.731. The molecule has 1 aromatic carbocycles. The maximum atomic E-state index is 12.7. The van der Waals surface area contributed by atoms with Gasteiger partial charge in [-0.05, 0) is 76.8 Å². The van der Waals surface area contributed by atoms with Crippen LogP contribution in [0.1, 0.15) is 51.0 Å². The first-order valence-corrected chi connectivity index (χ1v) is 12.9. The highest BCUT2D eigenvalue weighted by Crippen LogP contribution is 2.28. The highest BCUT2D eigenvalue weighted by atomic mass is 16.2. The van der Waals surface area contributed by atoms with Gasteiger partial charge in [-0.2, -0.15) is 0 Å².